The maximum atomic E-state index is 16.9. The lowest BCUT2D eigenvalue weighted by Gasteiger charge is -2.35. The highest BCUT2D eigenvalue weighted by atomic mass is 19.2. The van der Waals surface area contributed by atoms with Crippen LogP contribution in [0.15, 0.2) is 42.5 Å². The summed E-state index contributed by atoms with van der Waals surface area (Å²) in [5.41, 5.74) is 3.60. The van der Waals surface area contributed by atoms with E-state index in [2.05, 4.69) is 20.6 Å². The number of rotatable bonds is 12. The summed E-state index contributed by atoms with van der Waals surface area (Å²) in [6.45, 7) is 9.09. The molecule has 16 nitrogen and oxygen atoms in total. The average Bonchev–Trinajstić information content (AvgIpc) is 4.19. The Morgan fingerprint density at radius 1 is 0.667 bits per heavy atom. The number of carboxylic acid groups (broad SMARTS) is 1. The van der Waals surface area contributed by atoms with E-state index < -0.39 is 59.8 Å². The van der Waals surface area contributed by atoms with Crippen molar-refractivity contribution < 1.29 is 42.2 Å². The number of H-pyrrole nitrogens is 2. The Morgan fingerprint density at radius 3 is 1.65 bits per heavy atom. The van der Waals surface area contributed by atoms with Crippen LogP contribution in [0.4, 0.5) is 34.1 Å². The van der Waals surface area contributed by atoms with Gasteiger partial charge in [-0.05, 0) is 105 Å². The van der Waals surface area contributed by atoms with Crippen molar-refractivity contribution in [1.82, 2.24) is 40.4 Å². The molecular formula is C50H61F3N10O6. The molecule has 19 heteroatoms. The van der Waals surface area contributed by atoms with Crippen molar-refractivity contribution in [3.63, 3.8) is 0 Å². The highest BCUT2D eigenvalue weighted by Gasteiger charge is 2.42. The van der Waals surface area contributed by atoms with Gasteiger partial charge in [0.15, 0.2) is 17.5 Å². The van der Waals surface area contributed by atoms with Crippen molar-refractivity contribution in [2.45, 2.75) is 122 Å². The Kier molecular flexibility index (Phi) is 13.4. The Bertz CT molecular complexity index is 2760. The van der Waals surface area contributed by atoms with Crippen molar-refractivity contribution in [2.75, 3.05) is 43.1 Å². The number of methoxy groups -OCH3 is 1. The number of hydrogen-bond acceptors (Lipinski definition) is 9. The highest BCUT2D eigenvalue weighted by Crippen LogP contribution is 2.50. The number of fused-ring (bicyclic) bond motifs is 2. The standard InChI is InChI=1S/C50H61F3N10O6/c1-26(2)42(58-49(66)67)47(64)61-21-9-11-37(61)45-54-31-15-13-28(23-33(31)56-45)35-17-18-36(63(35)39-25-30(51)44(41(53)40(39)52)60-19-7-6-8-20-60)29-14-16-32-34(24-29)57-46(55-32)38-12-10-22-62(38)48(65)43(27(3)4)59-50(68)69-5/h13-16,23-27,35-38,42-43,58H,6-12,17-22H2,1-5H3,(H,54,56)(H,55,57)(H,59,68)(H,66,67)/t35-,36+,37+,38+,42+,43+/m1/s1. The minimum atomic E-state index is -1.27. The maximum absolute atomic E-state index is 16.9. The summed E-state index contributed by atoms with van der Waals surface area (Å²) in [4.78, 5) is 74.9. The fourth-order valence-electron chi connectivity index (χ4n) is 11.1. The molecule has 4 fully saturated rings. The van der Waals surface area contributed by atoms with Crippen molar-refractivity contribution in [2.24, 2.45) is 11.8 Å². The number of carbonyl (C=O) groups excluding carboxylic acids is 3. The number of carbonyl (C=O) groups is 4. The van der Waals surface area contributed by atoms with Crippen LogP contribution < -0.4 is 20.4 Å². The number of aromatic nitrogens is 4. The largest absolute Gasteiger partial charge is 0.465 e. The number of amides is 4. The highest BCUT2D eigenvalue weighted by molar-refractivity contribution is 5.87. The van der Waals surface area contributed by atoms with Crippen molar-refractivity contribution >= 4 is 57.4 Å². The molecule has 69 heavy (non-hydrogen) atoms. The van der Waals surface area contributed by atoms with E-state index in [-0.39, 0.29) is 41.1 Å². The van der Waals surface area contributed by atoms with Gasteiger partial charge < -0.3 is 50.0 Å². The number of benzene rings is 3. The predicted molar refractivity (Wildman–Crippen MR) is 253 cm³/mol. The van der Waals surface area contributed by atoms with Crippen LogP contribution in [0.5, 0.6) is 0 Å². The molecule has 4 saturated heterocycles. The van der Waals surface area contributed by atoms with E-state index in [0.29, 0.717) is 86.5 Å². The zero-order chi connectivity index (χ0) is 48.8. The number of halogens is 3. The number of anilines is 2. The third kappa shape index (κ3) is 9.11. The average molecular weight is 955 g/mol. The molecule has 9 rings (SSSR count). The van der Waals surface area contributed by atoms with Crippen molar-refractivity contribution in [3.05, 3.63) is 82.7 Å². The smallest absolute Gasteiger partial charge is 0.407 e. The first-order chi connectivity index (χ1) is 33.1. The number of likely N-dealkylation sites (tertiary alicyclic amines) is 2. The van der Waals surface area contributed by atoms with Gasteiger partial charge in [0.25, 0.3) is 0 Å². The number of hydrogen-bond donors (Lipinski definition) is 5. The minimum absolute atomic E-state index is 0.195. The Labute approximate surface area is 398 Å². The molecular weight excluding hydrogens is 894 g/mol. The van der Waals surface area contributed by atoms with E-state index in [1.807, 2.05) is 50.2 Å². The number of piperidine rings is 1. The lowest BCUT2D eigenvalue weighted by molar-refractivity contribution is -0.136. The number of imidazole rings is 2. The maximum Gasteiger partial charge on any atom is 0.407 e. The van der Waals surface area contributed by atoms with Crippen molar-refractivity contribution in [3.8, 4) is 0 Å². The Hall–Kier alpha value is -6.53. The molecule has 0 spiro atoms. The number of aromatic amines is 2. The van der Waals surface area contributed by atoms with Crippen molar-refractivity contribution in [1.29, 1.82) is 0 Å². The second-order valence-electron chi connectivity index (χ2n) is 19.6. The second kappa shape index (κ2) is 19.5. The summed E-state index contributed by atoms with van der Waals surface area (Å²) in [7, 11) is 1.25. The van der Waals surface area contributed by atoms with Gasteiger partial charge >= 0.3 is 12.2 Å². The zero-order valence-electron chi connectivity index (χ0n) is 39.7. The van der Waals surface area contributed by atoms with Crippen LogP contribution in [0.3, 0.4) is 0 Å². The van der Waals surface area contributed by atoms with Gasteiger partial charge in [-0.15, -0.1) is 0 Å². The van der Waals surface area contributed by atoms with E-state index in [1.54, 1.807) is 33.4 Å². The summed E-state index contributed by atoms with van der Waals surface area (Å²) in [6, 6.07) is 8.93. The lowest BCUT2D eigenvalue weighted by Crippen LogP contribution is -2.51. The van der Waals surface area contributed by atoms with Crippen LogP contribution in [0.25, 0.3) is 22.1 Å². The summed E-state index contributed by atoms with van der Waals surface area (Å²) in [6.07, 6.45) is 4.22. The first-order valence-corrected chi connectivity index (χ1v) is 24.3. The Balaban J connectivity index is 1.06. The van der Waals surface area contributed by atoms with Crippen LogP contribution in [0.1, 0.15) is 132 Å². The predicted octanol–water partition coefficient (Wildman–Crippen LogP) is 8.93. The van der Waals surface area contributed by atoms with E-state index in [4.69, 9.17) is 14.7 Å². The fourth-order valence-corrected chi connectivity index (χ4v) is 11.1. The van der Waals surface area contributed by atoms with Crippen LogP contribution in [-0.2, 0) is 14.3 Å². The molecule has 0 saturated carbocycles. The van der Waals surface area contributed by atoms with Gasteiger partial charge in [0.2, 0.25) is 11.8 Å². The van der Waals surface area contributed by atoms with Crippen LogP contribution in [0.2, 0.25) is 0 Å². The molecule has 2 aromatic heterocycles. The van der Waals surface area contributed by atoms with Crippen LogP contribution >= 0.6 is 0 Å². The molecule has 0 unspecified atom stereocenters. The third-order valence-electron chi connectivity index (χ3n) is 14.6. The number of alkyl carbamates (subject to hydrolysis) is 1. The molecule has 4 aliphatic rings. The van der Waals surface area contributed by atoms with E-state index >= 15 is 13.2 Å². The molecule has 4 aliphatic heterocycles. The molecule has 5 N–H and O–H groups in total. The summed E-state index contributed by atoms with van der Waals surface area (Å²) in [5.74, 6) is -3.06. The van der Waals surface area contributed by atoms with Crippen LogP contribution in [0, 0.1) is 29.3 Å². The molecule has 0 aliphatic carbocycles. The van der Waals surface area contributed by atoms with Gasteiger partial charge in [0.1, 0.15) is 29.4 Å². The van der Waals surface area contributed by atoms with Gasteiger partial charge in [-0.3, -0.25) is 9.59 Å². The number of ether oxygens (including phenoxy) is 1. The van der Waals surface area contributed by atoms with Gasteiger partial charge in [0.05, 0.1) is 59.0 Å². The first-order valence-electron chi connectivity index (χ1n) is 24.3. The van der Waals surface area contributed by atoms with Gasteiger partial charge in [0, 0.05) is 32.2 Å². The monoisotopic (exact) mass is 954 g/mol. The molecule has 5 aromatic rings. The van der Waals surface area contributed by atoms with Gasteiger partial charge in [-0.1, -0.05) is 39.8 Å². The summed E-state index contributed by atoms with van der Waals surface area (Å²) >= 11 is 0. The first kappa shape index (κ1) is 47.5. The molecule has 3 aromatic carbocycles. The molecule has 6 atom stereocenters. The van der Waals surface area contributed by atoms with Gasteiger partial charge in [-0.25, -0.2) is 32.7 Å². The molecule has 0 radical (unpaired) electrons. The van der Waals surface area contributed by atoms with E-state index in [0.717, 1.165) is 48.4 Å². The molecule has 368 valence electrons. The molecule has 6 heterocycles. The van der Waals surface area contributed by atoms with Gasteiger partial charge in [-0.2, -0.15) is 0 Å². The second-order valence-corrected chi connectivity index (χ2v) is 19.6. The van der Waals surface area contributed by atoms with E-state index in [9.17, 15) is 24.3 Å². The molecule has 4 amide bonds. The summed E-state index contributed by atoms with van der Waals surface area (Å²) in [5, 5.41) is 14.5. The van der Waals surface area contributed by atoms with E-state index in [1.165, 1.54) is 7.11 Å². The third-order valence-corrected chi connectivity index (χ3v) is 14.6. The number of nitrogens with one attached hydrogen (secondary N) is 4. The van der Waals surface area contributed by atoms with Crippen LogP contribution in [-0.4, -0.2) is 104 Å². The normalized spacial score (nSPS) is 21.8. The fraction of sp³-hybridized carbons (Fsp3) is 0.520. The number of nitrogens with zero attached hydrogens (tertiary/aromatic N) is 6. The Morgan fingerprint density at radius 2 is 1.17 bits per heavy atom. The minimum Gasteiger partial charge on any atom is -0.465 e. The summed E-state index contributed by atoms with van der Waals surface area (Å²) < 4.78 is 54.5. The molecule has 0 bridgehead atoms. The topological polar surface area (TPSA) is 192 Å². The zero-order valence-corrected chi connectivity index (χ0v) is 39.7. The lowest BCUT2D eigenvalue weighted by atomic mass is 10.0. The SMILES string of the molecule is COC(=O)N[C@H](C(=O)N1CCC[C@H]1c1nc2cc([C@@H]3CC[C@H](c4ccc5[nH]c([C@@H]6CCCN6C(=O)[C@@H](NC(=O)O)C(C)C)nc5c4)N3c3cc(F)c(N4CCCCC4)c(F)c3F)ccc2[nH]1)C(C)C. The quantitative estimate of drug-likeness (QED) is 0.0755.